The van der Waals surface area contributed by atoms with Gasteiger partial charge in [0.1, 0.15) is 5.82 Å². The summed E-state index contributed by atoms with van der Waals surface area (Å²) in [5, 5.41) is 8.89. The molecule has 0 aliphatic heterocycles. The molecular weight excluding hydrogens is 375 g/mol. The van der Waals surface area contributed by atoms with Crippen molar-refractivity contribution in [3.63, 3.8) is 0 Å². The zero-order valence-corrected chi connectivity index (χ0v) is 16.7. The number of rotatable bonds is 4. The summed E-state index contributed by atoms with van der Waals surface area (Å²) in [4.78, 5) is 10.8. The van der Waals surface area contributed by atoms with E-state index in [0.29, 0.717) is 11.1 Å². The van der Waals surface area contributed by atoms with E-state index in [1.807, 2.05) is 42.5 Å². The summed E-state index contributed by atoms with van der Waals surface area (Å²) in [5.41, 5.74) is 4.29. The van der Waals surface area contributed by atoms with Crippen LogP contribution in [0, 0.1) is 5.82 Å². The van der Waals surface area contributed by atoms with E-state index in [2.05, 4.69) is 48.5 Å². The molecule has 1 atom stereocenters. The maximum absolute atomic E-state index is 14.0. The van der Waals surface area contributed by atoms with Gasteiger partial charge in [-0.2, -0.15) is 0 Å². The van der Waals surface area contributed by atoms with Gasteiger partial charge in [0.2, 0.25) is 0 Å². The SMILES string of the molecule is CC(C(=O)O)c1ccc(-c2ccccc2)c(F)c1.c1ccc(-c2ccccc2)cc1. The minimum absolute atomic E-state index is 0.396. The maximum Gasteiger partial charge on any atom is 0.310 e. The highest BCUT2D eigenvalue weighted by molar-refractivity contribution is 5.76. The first-order chi connectivity index (χ1) is 14.6. The van der Waals surface area contributed by atoms with Gasteiger partial charge < -0.3 is 5.11 Å². The molecule has 4 aromatic rings. The number of hydrogen-bond donors (Lipinski definition) is 1. The van der Waals surface area contributed by atoms with Gasteiger partial charge in [-0.05, 0) is 35.2 Å². The number of carboxylic acids is 1. The Morgan fingerprint density at radius 1 is 0.700 bits per heavy atom. The van der Waals surface area contributed by atoms with Crippen LogP contribution in [-0.2, 0) is 4.79 Å². The first-order valence-corrected chi connectivity index (χ1v) is 9.74. The van der Waals surface area contributed by atoms with E-state index in [1.165, 1.54) is 17.2 Å². The summed E-state index contributed by atoms with van der Waals surface area (Å²) >= 11 is 0. The predicted octanol–water partition coefficient (Wildman–Crippen LogP) is 7.03. The molecule has 1 N–H and O–H groups in total. The third kappa shape index (κ3) is 5.42. The van der Waals surface area contributed by atoms with E-state index < -0.39 is 17.7 Å². The van der Waals surface area contributed by atoms with Crippen LogP contribution in [0.25, 0.3) is 22.3 Å². The van der Waals surface area contributed by atoms with Crippen molar-refractivity contribution in [2.45, 2.75) is 12.8 Å². The normalized spacial score (nSPS) is 11.1. The first-order valence-electron chi connectivity index (χ1n) is 9.74. The monoisotopic (exact) mass is 398 g/mol. The number of benzene rings is 4. The molecular formula is C27H23FO2. The fourth-order valence-electron chi connectivity index (χ4n) is 3.06. The van der Waals surface area contributed by atoms with E-state index in [9.17, 15) is 9.18 Å². The molecule has 0 aliphatic rings. The van der Waals surface area contributed by atoms with Crippen LogP contribution in [0.2, 0.25) is 0 Å². The molecule has 30 heavy (non-hydrogen) atoms. The third-order valence-electron chi connectivity index (χ3n) is 4.83. The second-order valence-corrected chi connectivity index (χ2v) is 6.90. The Morgan fingerprint density at radius 3 is 1.53 bits per heavy atom. The highest BCUT2D eigenvalue weighted by Crippen LogP contribution is 2.26. The van der Waals surface area contributed by atoms with Gasteiger partial charge >= 0.3 is 5.97 Å². The number of carbonyl (C=O) groups is 1. The molecule has 0 bridgehead atoms. The zero-order chi connectivity index (χ0) is 21.3. The Balaban J connectivity index is 0.000000184. The molecule has 0 saturated heterocycles. The Labute approximate surface area is 176 Å². The van der Waals surface area contributed by atoms with Crippen LogP contribution in [-0.4, -0.2) is 11.1 Å². The molecule has 1 unspecified atom stereocenters. The van der Waals surface area contributed by atoms with E-state index in [-0.39, 0.29) is 0 Å². The van der Waals surface area contributed by atoms with E-state index >= 15 is 0 Å². The smallest absolute Gasteiger partial charge is 0.310 e. The highest BCUT2D eigenvalue weighted by atomic mass is 19.1. The highest BCUT2D eigenvalue weighted by Gasteiger charge is 2.15. The second kappa shape index (κ2) is 10.2. The number of hydrogen-bond acceptors (Lipinski definition) is 1. The average molecular weight is 398 g/mol. The molecule has 150 valence electrons. The van der Waals surface area contributed by atoms with Crippen LogP contribution < -0.4 is 0 Å². The van der Waals surface area contributed by atoms with Crippen molar-refractivity contribution < 1.29 is 14.3 Å². The van der Waals surface area contributed by atoms with Crippen molar-refractivity contribution >= 4 is 5.97 Å². The fourth-order valence-corrected chi connectivity index (χ4v) is 3.06. The molecule has 2 nitrogen and oxygen atoms in total. The van der Waals surface area contributed by atoms with Crippen LogP contribution in [0.3, 0.4) is 0 Å². The topological polar surface area (TPSA) is 37.3 Å². The third-order valence-corrected chi connectivity index (χ3v) is 4.83. The quantitative estimate of drug-likeness (QED) is 0.400. The van der Waals surface area contributed by atoms with Gasteiger partial charge in [-0.15, -0.1) is 0 Å². The molecule has 0 heterocycles. The van der Waals surface area contributed by atoms with Crippen molar-refractivity contribution in [2.24, 2.45) is 0 Å². The number of aliphatic carboxylic acids is 1. The van der Waals surface area contributed by atoms with E-state index in [1.54, 1.807) is 19.1 Å². The lowest BCUT2D eigenvalue weighted by molar-refractivity contribution is -0.138. The molecule has 0 aromatic heterocycles. The number of halogens is 1. The van der Waals surface area contributed by atoms with Crippen molar-refractivity contribution in [3.05, 3.63) is 121 Å². The van der Waals surface area contributed by atoms with Gasteiger partial charge in [0.25, 0.3) is 0 Å². The first kappa shape index (κ1) is 21.0. The van der Waals surface area contributed by atoms with Crippen LogP contribution in [0.15, 0.2) is 109 Å². The maximum atomic E-state index is 14.0. The van der Waals surface area contributed by atoms with E-state index in [4.69, 9.17) is 5.11 Å². The molecule has 4 aromatic carbocycles. The predicted molar refractivity (Wildman–Crippen MR) is 120 cm³/mol. The van der Waals surface area contributed by atoms with Gasteiger partial charge in [-0.25, -0.2) is 4.39 Å². The second-order valence-electron chi connectivity index (χ2n) is 6.90. The lowest BCUT2D eigenvalue weighted by atomic mass is 9.97. The molecule has 4 rings (SSSR count). The fraction of sp³-hybridized carbons (Fsp3) is 0.0741. The lowest BCUT2D eigenvalue weighted by Gasteiger charge is -2.09. The van der Waals surface area contributed by atoms with Gasteiger partial charge in [0.05, 0.1) is 5.92 Å². The van der Waals surface area contributed by atoms with Crippen LogP contribution >= 0.6 is 0 Å². The van der Waals surface area contributed by atoms with Crippen molar-refractivity contribution in [3.8, 4) is 22.3 Å². The van der Waals surface area contributed by atoms with Crippen molar-refractivity contribution in [1.29, 1.82) is 0 Å². The number of carboxylic acid groups (broad SMARTS) is 1. The van der Waals surface area contributed by atoms with Gasteiger partial charge in [-0.3, -0.25) is 4.79 Å². The summed E-state index contributed by atoms with van der Waals surface area (Å²) in [6, 6.07) is 34.5. The summed E-state index contributed by atoms with van der Waals surface area (Å²) in [6.45, 7) is 1.54. The van der Waals surface area contributed by atoms with Crippen molar-refractivity contribution in [1.82, 2.24) is 0 Å². The molecule has 0 spiro atoms. The van der Waals surface area contributed by atoms with Gasteiger partial charge in [0, 0.05) is 5.56 Å². The summed E-state index contributed by atoms with van der Waals surface area (Å²) < 4.78 is 14.0. The summed E-state index contributed by atoms with van der Waals surface area (Å²) in [6.07, 6.45) is 0. The van der Waals surface area contributed by atoms with Crippen LogP contribution in [0.4, 0.5) is 4.39 Å². The molecule has 3 heteroatoms. The van der Waals surface area contributed by atoms with E-state index in [0.717, 1.165) is 5.56 Å². The minimum Gasteiger partial charge on any atom is -0.481 e. The molecule has 0 radical (unpaired) electrons. The lowest BCUT2D eigenvalue weighted by Crippen LogP contribution is -2.07. The van der Waals surface area contributed by atoms with Gasteiger partial charge in [0.15, 0.2) is 0 Å². The largest absolute Gasteiger partial charge is 0.481 e. The molecule has 0 saturated carbocycles. The Hall–Kier alpha value is -3.72. The summed E-state index contributed by atoms with van der Waals surface area (Å²) in [7, 11) is 0. The standard InChI is InChI=1S/C15H13FO2.C12H10/c1-10(15(17)18)12-7-8-13(14(16)9-12)11-5-3-2-4-6-11;1-3-7-11(8-4-1)12-9-5-2-6-10-12/h2-10H,1H3,(H,17,18);1-10H. The summed E-state index contributed by atoms with van der Waals surface area (Å²) in [5.74, 6) is -2.06. The molecule has 0 amide bonds. The van der Waals surface area contributed by atoms with Gasteiger partial charge in [-0.1, -0.05) is 103 Å². The zero-order valence-electron chi connectivity index (χ0n) is 16.7. The Kier molecular flexibility index (Phi) is 7.12. The molecule has 0 aliphatic carbocycles. The Morgan fingerprint density at radius 2 is 1.13 bits per heavy atom. The minimum atomic E-state index is -0.957. The van der Waals surface area contributed by atoms with Crippen LogP contribution in [0.1, 0.15) is 18.4 Å². The van der Waals surface area contributed by atoms with Crippen LogP contribution in [0.5, 0.6) is 0 Å². The average Bonchev–Trinajstić information content (AvgIpc) is 2.80. The Bertz CT molecular complexity index is 1040. The molecule has 0 fully saturated rings. The van der Waals surface area contributed by atoms with Crippen molar-refractivity contribution in [2.75, 3.05) is 0 Å².